The molecule has 0 aromatic heterocycles. The first kappa shape index (κ1) is 18.4. The van der Waals surface area contributed by atoms with E-state index in [4.69, 9.17) is 25.9 Å². The normalized spacial score (nSPS) is 10.8. The van der Waals surface area contributed by atoms with Crippen LogP contribution < -0.4 is 10.3 Å². The molecule has 8 nitrogen and oxygen atoms in total. The molecule has 0 bridgehead atoms. The molecule has 0 unspecified atom stereocenters. The van der Waals surface area contributed by atoms with E-state index < -0.39 is 20.6 Å². The molecule has 0 spiro atoms. The van der Waals surface area contributed by atoms with Gasteiger partial charge in [-0.15, -0.1) is 0 Å². The molecule has 0 fully saturated rings. The van der Waals surface area contributed by atoms with Gasteiger partial charge in [-0.2, -0.15) is 16.8 Å². The van der Waals surface area contributed by atoms with Crippen LogP contribution in [0.1, 0.15) is 0 Å². The Morgan fingerprint density at radius 3 is 0.950 bits per heavy atom. The molecule has 0 aliphatic rings. The molecule has 0 aliphatic heterocycles. The second-order valence-electron chi connectivity index (χ2n) is 3.38. The van der Waals surface area contributed by atoms with Gasteiger partial charge in [-0.25, -0.2) is 10.3 Å². The van der Waals surface area contributed by atoms with Crippen LogP contribution in [0.2, 0.25) is 0 Å². The van der Waals surface area contributed by atoms with Crippen LogP contribution in [-0.4, -0.2) is 25.9 Å². The molecule has 2 aromatic rings. The van der Waals surface area contributed by atoms with Gasteiger partial charge < -0.3 is 0 Å². The highest BCUT2D eigenvalue weighted by atomic mass is 32.2. The summed E-state index contributed by atoms with van der Waals surface area (Å²) in [7, 11) is -8.33. The summed E-state index contributed by atoms with van der Waals surface area (Å²) >= 11 is 0. The third kappa shape index (κ3) is 14.5. The molecule has 2 aromatic carbocycles. The predicted molar refractivity (Wildman–Crippen MR) is 75.4 cm³/mol. The van der Waals surface area contributed by atoms with E-state index in [1.54, 1.807) is 0 Å². The predicted octanol–water partition coefficient (Wildman–Crippen LogP) is 0.336. The minimum absolute atomic E-state index is 1.31. The Morgan fingerprint density at radius 1 is 0.650 bits per heavy atom. The third-order valence-corrected chi connectivity index (χ3v) is 1.66. The SMILES string of the molecule is NS(=O)(=O)O.NS(=O)(=O)O.c1ccc2ccccc2c1. The third-order valence-electron chi connectivity index (χ3n) is 1.66. The van der Waals surface area contributed by atoms with Crippen molar-refractivity contribution >= 4 is 31.4 Å². The zero-order valence-corrected chi connectivity index (χ0v) is 11.8. The van der Waals surface area contributed by atoms with Gasteiger partial charge in [0.25, 0.3) is 0 Å². The summed E-state index contributed by atoms with van der Waals surface area (Å²) in [4.78, 5) is 0. The van der Waals surface area contributed by atoms with Gasteiger partial charge >= 0.3 is 20.6 Å². The molecule has 6 N–H and O–H groups in total. The van der Waals surface area contributed by atoms with Crippen LogP contribution in [0.4, 0.5) is 0 Å². The van der Waals surface area contributed by atoms with Crippen molar-refractivity contribution in [2.45, 2.75) is 0 Å². The van der Waals surface area contributed by atoms with Crippen molar-refractivity contribution in [3.8, 4) is 0 Å². The Kier molecular flexibility index (Phi) is 7.28. The zero-order valence-electron chi connectivity index (χ0n) is 10.1. The van der Waals surface area contributed by atoms with Crippen LogP contribution in [0.5, 0.6) is 0 Å². The number of hydrogen-bond acceptors (Lipinski definition) is 4. The Hall–Kier alpha value is -1.56. The van der Waals surface area contributed by atoms with Gasteiger partial charge in [-0.3, -0.25) is 9.11 Å². The Bertz CT molecular complexity index is 632. The number of benzene rings is 2. The van der Waals surface area contributed by atoms with Gasteiger partial charge in [-0.05, 0) is 10.8 Å². The summed E-state index contributed by atoms with van der Waals surface area (Å²) in [6.45, 7) is 0. The molecule has 2 rings (SSSR count). The van der Waals surface area contributed by atoms with Crippen molar-refractivity contribution < 1.29 is 25.9 Å². The van der Waals surface area contributed by atoms with Gasteiger partial charge in [-0.1, -0.05) is 48.5 Å². The van der Waals surface area contributed by atoms with E-state index in [9.17, 15) is 0 Å². The highest BCUT2D eigenvalue weighted by Crippen LogP contribution is 2.11. The van der Waals surface area contributed by atoms with Gasteiger partial charge in [0.05, 0.1) is 0 Å². The molecule has 0 atom stereocenters. The second kappa shape index (κ2) is 7.89. The fraction of sp³-hybridized carbons (Fsp3) is 0. The van der Waals surface area contributed by atoms with E-state index >= 15 is 0 Å². The smallest absolute Gasteiger partial charge is 0.274 e. The Balaban J connectivity index is 0.000000310. The zero-order chi connectivity index (χ0) is 15.8. The van der Waals surface area contributed by atoms with Crippen molar-refractivity contribution in [1.82, 2.24) is 0 Å². The standard InChI is InChI=1S/C10H8.2H3NO3S/c1-2-6-10-8-4-3-7-9(10)5-1;2*1-5(2,3)4/h1-8H;2*(H3,1,2,3,4). The monoisotopic (exact) mass is 322 g/mol. The van der Waals surface area contributed by atoms with Crippen molar-refractivity contribution in [2.24, 2.45) is 10.3 Å². The van der Waals surface area contributed by atoms with Gasteiger partial charge in [0.1, 0.15) is 0 Å². The summed E-state index contributed by atoms with van der Waals surface area (Å²) in [5.41, 5.74) is 0. The van der Waals surface area contributed by atoms with Crippen molar-refractivity contribution in [3.05, 3.63) is 48.5 Å². The maximum Gasteiger partial charge on any atom is 0.330 e. The van der Waals surface area contributed by atoms with E-state index in [1.165, 1.54) is 10.8 Å². The molecular weight excluding hydrogens is 308 g/mol. The van der Waals surface area contributed by atoms with E-state index in [0.717, 1.165) is 0 Å². The van der Waals surface area contributed by atoms with Crippen LogP contribution >= 0.6 is 0 Å². The first-order chi connectivity index (χ1) is 8.97. The molecule has 0 amide bonds. The number of fused-ring (bicyclic) bond motifs is 1. The first-order valence-electron chi connectivity index (χ1n) is 4.91. The van der Waals surface area contributed by atoms with E-state index in [0.29, 0.717) is 0 Å². The van der Waals surface area contributed by atoms with Gasteiger partial charge in [0.15, 0.2) is 0 Å². The summed E-state index contributed by atoms with van der Waals surface area (Å²) in [5.74, 6) is 0. The number of nitrogens with two attached hydrogens (primary N) is 2. The van der Waals surface area contributed by atoms with Gasteiger partial charge in [0, 0.05) is 0 Å². The summed E-state index contributed by atoms with van der Waals surface area (Å²) in [6.07, 6.45) is 0. The molecule has 0 radical (unpaired) electrons. The van der Waals surface area contributed by atoms with Crippen LogP contribution in [0.25, 0.3) is 10.8 Å². The molecule has 0 aliphatic carbocycles. The van der Waals surface area contributed by atoms with E-state index in [1.807, 2.05) is 0 Å². The molecule has 0 saturated heterocycles. The summed E-state index contributed by atoms with van der Waals surface area (Å²) in [6, 6.07) is 16.7. The number of rotatable bonds is 0. The fourth-order valence-corrected chi connectivity index (χ4v) is 1.13. The Morgan fingerprint density at radius 2 is 0.800 bits per heavy atom. The minimum atomic E-state index is -4.17. The maximum absolute atomic E-state index is 8.97. The number of hydrogen-bond donors (Lipinski definition) is 4. The highest BCUT2D eigenvalue weighted by molar-refractivity contribution is 7.83. The lowest BCUT2D eigenvalue weighted by Gasteiger charge is -1.92. The van der Waals surface area contributed by atoms with Crippen LogP contribution in [0.3, 0.4) is 0 Å². The van der Waals surface area contributed by atoms with Gasteiger partial charge in [0.2, 0.25) is 0 Å². The topological polar surface area (TPSA) is 161 Å². The van der Waals surface area contributed by atoms with Crippen LogP contribution in [0.15, 0.2) is 48.5 Å². The lowest BCUT2D eigenvalue weighted by Crippen LogP contribution is -2.08. The van der Waals surface area contributed by atoms with Crippen LogP contribution in [-0.2, 0) is 20.6 Å². The molecule has 0 saturated carbocycles. The lowest BCUT2D eigenvalue weighted by atomic mass is 10.1. The average molecular weight is 322 g/mol. The average Bonchev–Trinajstić information content (AvgIpc) is 2.25. The van der Waals surface area contributed by atoms with E-state index in [-0.39, 0.29) is 0 Å². The van der Waals surface area contributed by atoms with Crippen molar-refractivity contribution in [3.63, 3.8) is 0 Å². The molecule has 0 heterocycles. The van der Waals surface area contributed by atoms with Crippen LogP contribution in [0, 0.1) is 0 Å². The van der Waals surface area contributed by atoms with Crippen molar-refractivity contribution in [2.75, 3.05) is 0 Å². The molecule has 20 heavy (non-hydrogen) atoms. The second-order valence-corrected chi connectivity index (χ2v) is 5.44. The minimum Gasteiger partial charge on any atom is -0.274 e. The summed E-state index contributed by atoms with van der Waals surface area (Å²) < 4.78 is 50.4. The van der Waals surface area contributed by atoms with Crippen molar-refractivity contribution in [1.29, 1.82) is 0 Å². The highest BCUT2D eigenvalue weighted by Gasteiger charge is 1.85. The molecule has 112 valence electrons. The molecule has 10 heteroatoms. The maximum atomic E-state index is 8.97. The first-order valence-corrected chi connectivity index (χ1v) is 7.91. The quantitative estimate of drug-likeness (QED) is 0.511. The Labute approximate surface area is 116 Å². The molecular formula is C10H14N2O6S2. The lowest BCUT2D eigenvalue weighted by molar-refractivity contribution is 0.482. The largest absolute Gasteiger partial charge is 0.330 e. The summed E-state index contributed by atoms with van der Waals surface area (Å²) in [5, 5.41) is 10.4. The fourth-order valence-electron chi connectivity index (χ4n) is 1.13. The van der Waals surface area contributed by atoms with E-state index in [2.05, 4.69) is 58.8 Å².